The molecule has 0 amide bonds. The highest BCUT2D eigenvalue weighted by Crippen LogP contribution is 2.18. The largest absolute Gasteiger partial charge is 0.481 e. The molecule has 4 heteroatoms. The Morgan fingerprint density at radius 1 is 0.759 bits per heavy atom. The van der Waals surface area contributed by atoms with E-state index in [2.05, 4.69) is 19.1 Å². The number of esters is 1. The highest BCUT2D eigenvalue weighted by Gasteiger charge is 2.22. The third-order valence-corrected chi connectivity index (χ3v) is 5.27. The average Bonchev–Trinajstić information content (AvgIpc) is 2.70. The van der Waals surface area contributed by atoms with Crippen LogP contribution in [0.25, 0.3) is 0 Å². The Balaban J connectivity index is 3.55. The molecule has 170 valence electrons. The Kier molecular flexibility index (Phi) is 20.4. The van der Waals surface area contributed by atoms with Crippen molar-refractivity contribution in [3.05, 3.63) is 12.2 Å². The van der Waals surface area contributed by atoms with E-state index in [-0.39, 0.29) is 12.4 Å². The maximum Gasteiger partial charge on any atom is 0.309 e. The number of hydrogen-bond acceptors (Lipinski definition) is 3. The Labute approximate surface area is 179 Å². The van der Waals surface area contributed by atoms with Gasteiger partial charge < -0.3 is 9.84 Å². The van der Waals surface area contributed by atoms with Gasteiger partial charge in [0, 0.05) is 0 Å². The van der Waals surface area contributed by atoms with Gasteiger partial charge in [0.1, 0.15) is 0 Å². The summed E-state index contributed by atoms with van der Waals surface area (Å²) in [5.41, 5.74) is 0. The summed E-state index contributed by atoms with van der Waals surface area (Å²) in [4.78, 5) is 22.9. The van der Waals surface area contributed by atoms with Gasteiger partial charge in [0.2, 0.25) is 0 Å². The summed E-state index contributed by atoms with van der Waals surface area (Å²) in [5, 5.41) is 8.98. The fraction of sp³-hybridized carbons (Fsp3) is 0.840. The van der Waals surface area contributed by atoms with Crippen molar-refractivity contribution < 1.29 is 19.4 Å². The molecule has 29 heavy (non-hydrogen) atoms. The van der Waals surface area contributed by atoms with Crippen molar-refractivity contribution in [2.24, 2.45) is 5.92 Å². The van der Waals surface area contributed by atoms with Gasteiger partial charge in [-0.2, -0.15) is 0 Å². The number of rotatable bonds is 21. The Morgan fingerprint density at radius 3 is 1.79 bits per heavy atom. The normalized spacial score (nSPS) is 12.3. The molecule has 0 saturated heterocycles. The zero-order chi connectivity index (χ0) is 21.6. The van der Waals surface area contributed by atoms with Crippen LogP contribution in [0, 0.1) is 5.92 Å². The minimum Gasteiger partial charge on any atom is -0.481 e. The number of carbonyl (C=O) groups is 2. The van der Waals surface area contributed by atoms with Crippen molar-refractivity contribution in [2.75, 3.05) is 6.61 Å². The second kappa shape index (κ2) is 21.4. The van der Waals surface area contributed by atoms with Crippen molar-refractivity contribution >= 4 is 11.9 Å². The standard InChI is InChI=1S/C25H46O4/c1-3-5-6-7-8-9-10-11-12-13-14-15-16-17-18-19-20-23(22-24(26)27)25(28)29-21-4-2/h9-10,23H,3-8,11-22H2,1-2H3,(H,26,27)/b10-9+. The van der Waals surface area contributed by atoms with Crippen LogP contribution < -0.4 is 0 Å². The minimum absolute atomic E-state index is 0.115. The van der Waals surface area contributed by atoms with E-state index < -0.39 is 11.9 Å². The lowest BCUT2D eigenvalue weighted by atomic mass is 9.97. The van der Waals surface area contributed by atoms with Gasteiger partial charge in [-0.05, 0) is 38.5 Å². The predicted octanol–water partition coefficient (Wildman–Crippen LogP) is 7.46. The van der Waals surface area contributed by atoms with E-state index in [0.717, 1.165) is 19.3 Å². The van der Waals surface area contributed by atoms with Crippen LogP contribution in [-0.2, 0) is 14.3 Å². The summed E-state index contributed by atoms with van der Waals surface area (Å²) >= 11 is 0. The predicted molar refractivity (Wildman–Crippen MR) is 121 cm³/mol. The quantitative estimate of drug-likeness (QED) is 0.121. The van der Waals surface area contributed by atoms with E-state index in [1.165, 1.54) is 77.0 Å². The van der Waals surface area contributed by atoms with Gasteiger partial charge in [0.15, 0.2) is 0 Å². The van der Waals surface area contributed by atoms with Crippen molar-refractivity contribution in [1.29, 1.82) is 0 Å². The number of ether oxygens (including phenoxy) is 1. The molecule has 4 nitrogen and oxygen atoms in total. The summed E-state index contributed by atoms with van der Waals surface area (Å²) in [6, 6.07) is 0. The third-order valence-electron chi connectivity index (χ3n) is 5.27. The lowest BCUT2D eigenvalue weighted by Gasteiger charge is -2.13. The minimum atomic E-state index is -0.921. The van der Waals surface area contributed by atoms with E-state index in [1.54, 1.807) is 0 Å². The van der Waals surface area contributed by atoms with Crippen LogP contribution in [0.3, 0.4) is 0 Å². The van der Waals surface area contributed by atoms with Gasteiger partial charge >= 0.3 is 11.9 Å². The maximum atomic E-state index is 11.9. The number of allylic oxidation sites excluding steroid dienone is 2. The van der Waals surface area contributed by atoms with E-state index in [1.807, 2.05) is 6.92 Å². The molecule has 0 heterocycles. The van der Waals surface area contributed by atoms with Crippen LogP contribution in [0.2, 0.25) is 0 Å². The first-order valence-corrected chi connectivity index (χ1v) is 12.1. The Hall–Kier alpha value is -1.32. The van der Waals surface area contributed by atoms with Gasteiger partial charge in [-0.3, -0.25) is 9.59 Å². The zero-order valence-corrected chi connectivity index (χ0v) is 19.1. The molecule has 0 rings (SSSR count). The van der Waals surface area contributed by atoms with Gasteiger partial charge in [-0.25, -0.2) is 0 Å². The van der Waals surface area contributed by atoms with Crippen molar-refractivity contribution in [1.82, 2.24) is 0 Å². The van der Waals surface area contributed by atoms with E-state index in [9.17, 15) is 9.59 Å². The number of carboxylic acids is 1. The first-order chi connectivity index (χ1) is 14.1. The van der Waals surface area contributed by atoms with Crippen molar-refractivity contribution in [3.63, 3.8) is 0 Å². The molecule has 0 bridgehead atoms. The Morgan fingerprint density at radius 2 is 1.28 bits per heavy atom. The number of carboxylic acid groups (broad SMARTS) is 1. The third kappa shape index (κ3) is 19.8. The molecule has 0 aromatic rings. The van der Waals surface area contributed by atoms with Gasteiger partial charge in [0.25, 0.3) is 0 Å². The zero-order valence-electron chi connectivity index (χ0n) is 19.1. The lowest BCUT2D eigenvalue weighted by molar-refractivity contribution is -0.153. The first kappa shape index (κ1) is 27.7. The molecule has 0 aliphatic carbocycles. The number of aliphatic carboxylic acids is 1. The van der Waals surface area contributed by atoms with Gasteiger partial charge in [-0.15, -0.1) is 0 Å². The van der Waals surface area contributed by atoms with Crippen LogP contribution >= 0.6 is 0 Å². The number of hydrogen-bond donors (Lipinski definition) is 1. The second-order valence-corrected chi connectivity index (χ2v) is 8.19. The molecule has 1 atom stereocenters. The summed E-state index contributed by atoms with van der Waals surface area (Å²) in [5.74, 6) is -1.75. The molecule has 0 saturated carbocycles. The topological polar surface area (TPSA) is 63.6 Å². The molecule has 0 aliphatic heterocycles. The fourth-order valence-electron chi connectivity index (χ4n) is 3.47. The van der Waals surface area contributed by atoms with Crippen molar-refractivity contribution in [2.45, 2.75) is 123 Å². The molecule has 0 radical (unpaired) electrons. The molecular weight excluding hydrogens is 364 g/mol. The lowest BCUT2D eigenvalue weighted by Crippen LogP contribution is -2.21. The molecule has 0 spiro atoms. The SMILES string of the molecule is CCCCCC/C=C/CCCCCCCCCCC(CC(=O)O)C(=O)OCCC. The Bertz CT molecular complexity index is 417. The first-order valence-electron chi connectivity index (χ1n) is 12.1. The van der Waals surface area contributed by atoms with Crippen LogP contribution in [-0.4, -0.2) is 23.7 Å². The van der Waals surface area contributed by atoms with Crippen LogP contribution in [0.1, 0.15) is 123 Å². The molecule has 1 N–H and O–H groups in total. The van der Waals surface area contributed by atoms with E-state index in [4.69, 9.17) is 9.84 Å². The monoisotopic (exact) mass is 410 g/mol. The fourth-order valence-corrected chi connectivity index (χ4v) is 3.47. The van der Waals surface area contributed by atoms with Crippen LogP contribution in [0.4, 0.5) is 0 Å². The maximum absolute atomic E-state index is 11.9. The highest BCUT2D eigenvalue weighted by atomic mass is 16.5. The van der Waals surface area contributed by atoms with Gasteiger partial charge in [0.05, 0.1) is 18.9 Å². The number of unbranched alkanes of at least 4 members (excludes halogenated alkanes) is 12. The molecule has 0 aromatic carbocycles. The average molecular weight is 411 g/mol. The summed E-state index contributed by atoms with van der Waals surface area (Å²) < 4.78 is 5.13. The van der Waals surface area contributed by atoms with Crippen LogP contribution in [0.5, 0.6) is 0 Å². The van der Waals surface area contributed by atoms with Gasteiger partial charge in [-0.1, -0.05) is 90.2 Å². The smallest absolute Gasteiger partial charge is 0.309 e. The summed E-state index contributed by atoms with van der Waals surface area (Å²) in [6.45, 7) is 4.57. The van der Waals surface area contributed by atoms with Crippen LogP contribution in [0.15, 0.2) is 12.2 Å². The highest BCUT2D eigenvalue weighted by molar-refractivity contribution is 5.79. The second-order valence-electron chi connectivity index (χ2n) is 8.19. The number of carbonyl (C=O) groups excluding carboxylic acids is 1. The molecular formula is C25H46O4. The van der Waals surface area contributed by atoms with Crippen molar-refractivity contribution in [3.8, 4) is 0 Å². The molecule has 0 fully saturated rings. The summed E-state index contributed by atoms with van der Waals surface area (Å²) in [7, 11) is 0. The molecule has 0 aromatic heterocycles. The molecule has 1 unspecified atom stereocenters. The summed E-state index contributed by atoms with van der Waals surface area (Å²) in [6.07, 6.45) is 23.4. The van der Waals surface area contributed by atoms with E-state index in [0.29, 0.717) is 13.0 Å². The van der Waals surface area contributed by atoms with E-state index >= 15 is 0 Å². The molecule has 0 aliphatic rings.